The lowest BCUT2D eigenvalue weighted by atomic mass is 9.96. The number of pyridine rings is 1. The van der Waals surface area contributed by atoms with E-state index in [1.54, 1.807) is 0 Å². The van der Waals surface area contributed by atoms with Crippen molar-refractivity contribution >= 4 is 42.9 Å². The molecule has 2 aromatic heterocycles. The van der Waals surface area contributed by atoms with Gasteiger partial charge in [0.15, 0.2) is 0 Å². The zero-order chi connectivity index (χ0) is 35.7. The van der Waals surface area contributed by atoms with E-state index in [0.29, 0.717) is 5.56 Å². The number of thiophene rings is 1. The third-order valence-corrected chi connectivity index (χ3v) is 11.3. The highest BCUT2D eigenvalue weighted by Gasteiger charge is 2.30. The van der Waals surface area contributed by atoms with E-state index in [1.165, 1.54) is 42.6 Å². The average Bonchev–Trinajstić information content (AvgIpc) is 3.79. The third-order valence-electron chi connectivity index (χ3n) is 10.1. The Morgan fingerprint density at radius 3 is 2.26 bits per heavy atom. The number of hydrogen-bond acceptors (Lipinski definition) is 4. The van der Waals surface area contributed by atoms with Crippen LogP contribution < -0.4 is 4.90 Å². The molecule has 252 valence electrons. The lowest BCUT2D eigenvalue weighted by Crippen LogP contribution is -2.25. The van der Waals surface area contributed by atoms with Gasteiger partial charge in [-0.25, -0.2) is 4.98 Å². The smallest absolute Gasteiger partial charge is 0.0998 e. The van der Waals surface area contributed by atoms with Gasteiger partial charge in [-0.2, -0.15) is 5.26 Å². The normalized spacial score (nSPS) is 14.0. The van der Waals surface area contributed by atoms with Crippen molar-refractivity contribution in [1.82, 2.24) is 4.98 Å². The molecular weight excluding hydrogens is 663 g/mol. The summed E-state index contributed by atoms with van der Waals surface area (Å²) in [5, 5.41) is 12.8. The van der Waals surface area contributed by atoms with Crippen LogP contribution in [-0.2, 0) is 6.42 Å². The Morgan fingerprint density at radius 2 is 1.40 bits per heavy atom. The SMILES string of the molecule is C/C=C\C=C/C1Cc2ccc(-c3cccc4c3sc3ccccc34)cc2N1c1cc(-c2cccc(-c3ccccc3)n2)cc(-c2ccccc2C#N)c1. The summed E-state index contributed by atoms with van der Waals surface area (Å²) in [6, 6.07) is 56.0. The fourth-order valence-electron chi connectivity index (χ4n) is 7.64. The van der Waals surface area contributed by atoms with Crippen molar-refractivity contribution in [2.75, 3.05) is 4.90 Å². The van der Waals surface area contributed by atoms with E-state index >= 15 is 0 Å². The minimum absolute atomic E-state index is 0.0921. The summed E-state index contributed by atoms with van der Waals surface area (Å²) < 4.78 is 2.61. The van der Waals surface area contributed by atoms with Crippen molar-refractivity contribution in [3.8, 4) is 50.8 Å². The Labute approximate surface area is 314 Å². The molecule has 9 rings (SSSR count). The summed E-state index contributed by atoms with van der Waals surface area (Å²) in [6.07, 6.45) is 9.50. The summed E-state index contributed by atoms with van der Waals surface area (Å²) in [7, 11) is 0. The molecule has 0 fully saturated rings. The van der Waals surface area contributed by atoms with Gasteiger partial charge in [-0.05, 0) is 89.7 Å². The molecule has 3 nitrogen and oxygen atoms in total. The molecule has 53 heavy (non-hydrogen) atoms. The first kappa shape index (κ1) is 32.4. The van der Waals surface area contributed by atoms with Crippen LogP contribution in [-0.4, -0.2) is 11.0 Å². The van der Waals surface area contributed by atoms with Gasteiger partial charge in [0.1, 0.15) is 0 Å². The van der Waals surface area contributed by atoms with Gasteiger partial charge in [-0.1, -0.05) is 127 Å². The van der Waals surface area contributed by atoms with Gasteiger partial charge in [0.2, 0.25) is 0 Å². The first-order valence-electron chi connectivity index (χ1n) is 18.0. The van der Waals surface area contributed by atoms with Crippen LogP contribution in [0.5, 0.6) is 0 Å². The molecule has 1 aliphatic rings. The van der Waals surface area contributed by atoms with Crippen LogP contribution in [0, 0.1) is 11.3 Å². The molecule has 1 atom stereocenters. The molecule has 1 aliphatic heterocycles. The molecule has 0 aliphatic carbocycles. The Hall–Kier alpha value is -6.54. The van der Waals surface area contributed by atoms with Crippen molar-refractivity contribution in [2.45, 2.75) is 19.4 Å². The van der Waals surface area contributed by atoms with Gasteiger partial charge in [-0.15, -0.1) is 11.3 Å². The van der Waals surface area contributed by atoms with Crippen LogP contribution in [0.1, 0.15) is 18.1 Å². The summed E-state index contributed by atoms with van der Waals surface area (Å²) in [4.78, 5) is 7.66. The standard InChI is InChI=1S/C49H35N3S/c1-2-3-5-17-39-28-35-26-25-34(42-20-12-21-44-43-19-10-11-24-48(43)53-49(42)44)31-47(35)52(39)40-29-37(41-18-9-8-16-36(41)32-50)27-38(30-40)46-23-13-22-45(51-46)33-14-6-4-7-15-33/h2-27,29-31,39H,28H2,1H3/b3-2-,17-5-. The summed E-state index contributed by atoms with van der Waals surface area (Å²) in [5.41, 5.74) is 12.4. The first-order valence-corrected chi connectivity index (χ1v) is 18.8. The molecule has 0 saturated heterocycles. The van der Waals surface area contributed by atoms with E-state index in [-0.39, 0.29) is 6.04 Å². The van der Waals surface area contributed by atoms with Gasteiger partial charge < -0.3 is 4.90 Å². The van der Waals surface area contributed by atoms with Crippen molar-refractivity contribution in [2.24, 2.45) is 0 Å². The quantitative estimate of drug-likeness (QED) is 0.156. The third kappa shape index (κ3) is 6.02. The number of fused-ring (bicyclic) bond motifs is 4. The number of rotatable bonds is 7. The minimum atomic E-state index is 0.0921. The maximum Gasteiger partial charge on any atom is 0.0998 e. The number of benzene rings is 6. The predicted octanol–water partition coefficient (Wildman–Crippen LogP) is 13.2. The summed E-state index contributed by atoms with van der Waals surface area (Å²) in [5.74, 6) is 0. The highest BCUT2D eigenvalue weighted by Crippen LogP contribution is 2.46. The number of anilines is 2. The number of allylic oxidation sites excluding steroid dienone is 3. The Morgan fingerprint density at radius 1 is 0.660 bits per heavy atom. The fraction of sp³-hybridized carbons (Fsp3) is 0.0612. The molecule has 8 aromatic rings. The van der Waals surface area contributed by atoms with E-state index in [4.69, 9.17) is 4.98 Å². The zero-order valence-electron chi connectivity index (χ0n) is 29.3. The van der Waals surface area contributed by atoms with Crippen molar-refractivity contribution in [3.05, 3.63) is 187 Å². The van der Waals surface area contributed by atoms with Crippen LogP contribution in [0.2, 0.25) is 0 Å². The molecule has 0 amide bonds. The number of nitrogens with zero attached hydrogens (tertiary/aromatic N) is 3. The van der Waals surface area contributed by atoms with Gasteiger partial charge in [0, 0.05) is 42.7 Å². The van der Waals surface area contributed by atoms with Crippen molar-refractivity contribution in [1.29, 1.82) is 5.26 Å². The molecule has 0 saturated carbocycles. The largest absolute Gasteiger partial charge is 0.334 e. The van der Waals surface area contributed by atoms with E-state index in [1.807, 2.05) is 60.7 Å². The van der Waals surface area contributed by atoms with Gasteiger partial charge in [0.05, 0.1) is 29.1 Å². The predicted molar refractivity (Wildman–Crippen MR) is 224 cm³/mol. The number of nitriles is 1. The number of aromatic nitrogens is 1. The summed E-state index contributed by atoms with van der Waals surface area (Å²) in [6.45, 7) is 2.05. The van der Waals surface area contributed by atoms with Crippen LogP contribution >= 0.6 is 11.3 Å². The van der Waals surface area contributed by atoms with Crippen molar-refractivity contribution < 1.29 is 0 Å². The first-order chi connectivity index (χ1) is 26.2. The second-order valence-electron chi connectivity index (χ2n) is 13.4. The monoisotopic (exact) mass is 697 g/mol. The molecule has 4 heteroatoms. The maximum absolute atomic E-state index is 10.2. The fourth-order valence-corrected chi connectivity index (χ4v) is 8.88. The van der Waals surface area contributed by atoms with Crippen LogP contribution in [0.4, 0.5) is 11.4 Å². The maximum atomic E-state index is 10.2. The van der Waals surface area contributed by atoms with Gasteiger partial charge in [0.25, 0.3) is 0 Å². The summed E-state index contributed by atoms with van der Waals surface area (Å²) >= 11 is 1.86. The Kier molecular flexibility index (Phi) is 8.48. The Balaban J connectivity index is 1.24. The molecule has 0 bridgehead atoms. The van der Waals surface area contributed by atoms with Crippen LogP contribution in [0.25, 0.3) is 64.9 Å². The van der Waals surface area contributed by atoms with Gasteiger partial charge in [-0.3, -0.25) is 0 Å². The topological polar surface area (TPSA) is 39.9 Å². The molecule has 0 radical (unpaired) electrons. The van der Waals surface area contributed by atoms with E-state index in [9.17, 15) is 5.26 Å². The van der Waals surface area contributed by atoms with E-state index < -0.39 is 0 Å². The average molecular weight is 698 g/mol. The van der Waals surface area contributed by atoms with Crippen LogP contribution in [0.15, 0.2) is 176 Å². The van der Waals surface area contributed by atoms with Crippen LogP contribution in [0.3, 0.4) is 0 Å². The highest BCUT2D eigenvalue weighted by molar-refractivity contribution is 7.26. The number of hydrogen-bond donors (Lipinski definition) is 0. The Bertz CT molecular complexity index is 2750. The molecule has 3 heterocycles. The van der Waals surface area contributed by atoms with Crippen molar-refractivity contribution in [3.63, 3.8) is 0 Å². The lowest BCUT2D eigenvalue weighted by Gasteiger charge is -2.27. The molecule has 1 unspecified atom stereocenters. The highest BCUT2D eigenvalue weighted by atomic mass is 32.1. The van der Waals surface area contributed by atoms with E-state index in [2.05, 4.69) is 144 Å². The molecule has 0 N–H and O–H groups in total. The minimum Gasteiger partial charge on any atom is -0.334 e. The molecular formula is C49H35N3S. The molecule has 6 aromatic carbocycles. The van der Waals surface area contributed by atoms with E-state index in [0.717, 1.165) is 45.7 Å². The second-order valence-corrected chi connectivity index (χ2v) is 14.4. The zero-order valence-corrected chi connectivity index (χ0v) is 30.1. The van der Waals surface area contributed by atoms with Gasteiger partial charge >= 0.3 is 0 Å². The second kappa shape index (κ2) is 13.9. The lowest BCUT2D eigenvalue weighted by molar-refractivity contribution is 0.833. The molecule has 0 spiro atoms.